The molecule has 8 nitrogen and oxygen atoms in total. The van der Waals surface area contributed by atoms with Crippen molar-refractivity contribution in [3.8, 4) is 17.0 Å². The molecule has 3 aromatic rings. The SMILES string of the molecule is CC(Oc1cc(-c2cc3n(n2)CCC32CCN(C(=O)OC(C)(C)C)C2)cnc1N)c1ccccc1. The van der Waals surface area contributed by atoms with E-state index in [1.165, 1.54) is 0 Å². The van der Waals surface area contributed by atoms with Crippen LogP contribution in [0, 0.1) is 0 Å². The lowest BCUT2D eigenvalue weighted by molar-refractivity contribution is 0.0284. The van der Waals surface area contributed by atoms with E-state index < -0.39 is 5.60 Å². The molecule has 1 fully saturated rings. The molecule has 0 bridgehead atoms. The number of aromatic nitrogens is 3. The largest absolute Gasteiger partial charge is 0.482 e. The van der Waals surface area contributed by atoms with Crippen molar-refractivity contribution in [1.82, 2.24) is 19.7 Å². The number of anilines is 1. The smallest absolute Gasteiger partial charge is 0.410 e. The van der Waals surface area contributed by atoms with Crippen LogP contribution in [-0.4, -0.2) is 44.4 Å². The quantitative estimate of drug-likeness (QED) is 0.574. The topological polar surface area (TPSA) is 95.5 Å². The van der Waals surface area contributed by atoms with Crippen LogP contribution in [0.15, 0.2) is 48.7 Å². The molecule has 4 heterocycles. The van der Waals surface area contributed by atoms with Gasteiger partial charge in [-0.05, 0) is 58.2 Å². The van der Waals surface area contributed by atoms with Crippen LogP contribution >= 0.6 is 0 Å². The molecule has 2 N–H and O–H groups in total. The molecule has 2 unspecified atom stereocenters. The normalized spacial score (nSPS) is 20.2. The van der Waals surface area contributed by atoms with Gasteiger partial charge in [0.25, 0.3) is 0 Å². The van der Waals surface area contributed by atoms with E-state index in [9.17, 15) is 4.79 Å². The molecule has 0 saturated carbocycles. The Bertz CT molecular complexity index is 1230. The average molecular weight is 476 g/mol. The van der Waals surface area contributed by atoms with Crippen molar-refractivity contribution in [2.24, 2.45) is 0 Å². The van der Waals surface area contributed by atoms with E-state index in [-0.39, 0.29) is 17.6 Å². The van der Waals surface area contributed by atoms with Gasteiger partial charge in [0.15, 0.2) is 11.6 Å². The van der Waals surface area contributed by atoms with E-state index in [1.54, 1.807) is 6.20 Å². The highest BCUT2D eigenvalue weighted by Crippen LogP contribution is 2.44. The Labute approximate surface area is 206 Å². The van der Waals surface area contributed by atoms with E-state index in [4.69, 9.17) is 20.3 Å². The maximum absolute atomic E-state index is 12.6. The number of nitrogen functional groups attached to an aromatic ring is 1. The summed E-state index contributed by atoms with van der Waals surface area (Å²) in [6.45, 7) is 9.85. The van der Waals surface area contributed by atoms with Crippen LogP contribution in [0.4, 0.5) is 10.6 Å². The molecule has 35 heavy (non-hydrogen) atoms. The number of likely N-dealkylation sites (tertiary alicyclic amines) is 1. The Kier molecular flexibility index (Phi) is 5.69. The summed E-state index contributed by atoms with van der Waals surface area (Å²) in [7, 11) is 0. The molecular formula is C27H33N5O3. The van der Waals surface area contributed by atoms with Gasteiger partial charge in [-0.1, -0.05) is 30.3 Å². The van der Waals surface area contributed by atoms with Crippen molar-refractivity contribution in [3.05, 3.63) is 59.9 Å². The number of pyridine rings is 1. The first kappa shape index (κ1) is 23.2. The van der Waals surface area contributed by atoms with E-state index in [0.29, 0.717) is 24.7 Å². The van der Waals surface area contributed by atoms with E-state index in [0.717, 1.165) is 41.9 Å². The molecule has 5 rings (SSSR count). The van der Waals surface area contributed by atoms with Gasteiger partial charge in [0.05, 0.1) is 5.69 Å². The maximum atomic E-state index is 12.6. The fourth-order valence-electron chi connectivity index (χ4n) is 5.04. The number of benzene rings is 1. The van der Waals surface area contributed by atoms with Gasteiger partial charge in [0.1, 0.15) is 11.7 Å². The fraction of sp³-hybridized carbons (Fsp3) is 0.444. The molecule has 1 amide bonds. The Morgan fingerprint density at radius 2 is 1.89 bits per heavy atom. The molecule has 0 radical (unpaired) electrons. The number of hydrogen-bond donors (Lipinski definition) is 1. The minimum absolute atomic E-state index is 0.0927. The van der Waals surface area contributed by atoms with Gasteiger partial charge < -0.3 is 20.1 Å². The average Bonchev–Trinajstić information content (AvgIpc) is 3.52. The first-order valence-electron chi connectivity index (χ1n) is 12.2. The highest BCUT2D eigenvalue weighted by molar-refractivity contribution is 5.69. The van der Waals surface area contributed by atoms with E-state index >= 15 is 0 Å². The molecule has 184 valence electrons. The molecule has 2 aromatic heterocycles. The molecule has 2 atom stereocenters. The van der Waals surface area contributed by atoms with Gasteiger partial charge in [-0.3, -0.25) is 4.68 Å². The number of rotatable bonds is 4. The molecule has 2 aliphatic heterocycles. The summed E-state index contributed by atoms with van der Waals surface area (Å²) in [6.07, 6.45) is 3.20. The number of carbonyl (C=O) groups is 1. The van der Waals surface area contributed by atoms with E-state index in [2.05, 4.69) is 15.7 Å². The predicted octanol–water partition coefficient (Wildman–Crippen LogP) is 4.95. The summed E-state index contributed by atoms with van der Waals surface area (Å²) in [4.78, 5) is 18.9. The Morgan fingerprint density at radius 1 is 1.14 bits per heavy atom. The van der Waals surface area contributed by atoms with Crippen molar-refractivity contribution in [3.63, 3.8) is 0 Å². The number of aryl methyl sites for hydroxylation is 1. The van der Waals surface area contributed by atoms with Crippen molar-refractivity contribution < 1.29 is 14.3 Å². The minimum atomic E-state index is -0.503. The molecule has 0 aliphatic carbocycles. The molecule has 1 spiro atoms. The first-order chi connectivity index (χ1) is 16.6. The summed E-state index contributed by atoms with van der Waals surface area (Å²) >= 11 is 0. The minimum Gasteiger partial charge on any atom is -0.482 e. The van der Waals surface area contributed by atoms with Gasteiger partial charge in [-0.25, -0.2) is 9.78 Å². The zero-order chi connectivity index (χ0) is 24.8. The van der Waals surface area contributed by atoms with Crippen LogP contribution in [0.25, 0.3) is 11.3 Å². The third-order valence-corrected chi connectivity index (χ3v) is 6.88. The second kappa shape index (κ2) is 8.59. The fourth-order valence-corrected chi connectivity index (χ4v) is 5.04. The van der Waals surface area contributed by atoms with E-state index in [1.807, 2.05) is 69.0 Å². The molecular weight excluding hydrogens is 442 g/mol. The summed E-state index contributed by atoms with van der Waals surface area (Å²) < 4.78 is 13.8. The lowest BCUT2D eigenvalue weighted by Gasteiger charge is -2.26. The monoisotopic (exact) mass is 475 g/mol. The number of nitrogens with zero attached hydrogens (tertiary/aromatic N) is 4. The summed E-state index contributed by atoms with van der Waals surface area (Å²) in [5, 5.41) is 4.86. The van der Waals surface area contributed by atoms with Crippen LogP contribution < -0.4 is 10.5 Å². The Hall–Kier alpha value is -3.55. The number of nitrogens with two attached hydrogens (primary N) is 1. The van der Waals surface area contributed by atoms with Gasteiger partial charge in [0.2, 0.25) is 0 Å². The maximum Gasteiger partial charge on any atom is 0.410 e. The zero-order valence-electron chi connectivity index (χ0n) is 20.8. The second-order valence-electron chi connectivity index (χ2n) is 10.6. The molecule has 2 aliphatic rings. The van der Waals surface area contributed by atoms with Gasteiger partial charge in [-0.15, -0.1) is 0 Å². The first-order valence-corrected chi connectivity index (χ1v) is 12.2. The van der Waals surface area contributed by atoms with Gasteiger partial charge in [0, 0.05) is 42.5 Å². The van der Waals surface area contributed by atoms with Crippen LogP contribution in [0.3, 0.4) is 0 Å². The van der Waals surface area contributed by atoms with Crippen molar-refractivity contribution in [2.75, 3.05) is 18.8 Å². The Morgan fingerprint density at radius 3 is 2.63 bits per heavy atom. The van der Waals surface area contributed by atoms with Crippen molar-refractivity contribution in [2.45, 2.75) is 64.2 Å². The van der Waals surface area contributed by atoms with Crippen LogP contribution in [0.5, 0.6) is 5.75 Å². The number of hydrogen-bond acceptors (Lipinski definition) is 6. The highest BCUT2D eigenvalue weighted by atomic mass is 16.6. The molecule has 1 saturated heterocycles. The van der Waals surface area contributed by atoms with Crippen molar-refractivity contribution in [1.29, 1.82) is 0 Å². The van der Waals surface area contributed by atoms with Crippen LogP contribution in [-0.2, 0) is 16.7 Å². The Balaban J connectivity index is 1.36. The number of fused-ring (bicyclic) bond motifs is 2. The number of amides is 1. The highest BCUT2D eigenvalue weighted by Gasteiger charge is 2.47. The van der Waals surface area contributed by atoms with Gasteiger partial charge in [-0.2, -0.15) is 5.10 Å². The number of carbonyl (C=O) groups excluding carboxylic acids is 1. The zero-order valence-corrected chi connectivity index (χ0v) is 20.8. The van der Waals surface area contributed by atoms with Crippen LogP contribution in [0.2, 0.25) is 0 Å². The predicted molar refractivity (Wildman–Crippen MR) is 134 cm³/mol. The second-order valence-corrected chi connectivity index (χ2v) is 10.6. The standard InChI is InChI=1S/C27H33N5O3/c1-18(19-8-6-5-7-9-19)34-22-14-20(16-29-24(22)28)21-15-23-27(11-13-32(23)30-21)10-12-31(17-27)25(33)35-26(2,3)4/h5-9,14-16,18H,10-13,17H2,1-4H3,(H2,28,29). The summed E-state index contributed by atoms with van der Waals surface area (Å²) in [5.41, 5.74) is 9.46. The molecule has 1 aromatic carbocycles. The summed E-state index contributed by atoms with van der Waals surface area (Å²) in [6, 6.07) is 14.1. The van der Waals surface area contributed by atoms with Crippen LogP contribution in [0.1, 0.15) is 57.9 Å². The number of ether oxygens (including phenoxy) is 2. The van der Waals surface area contributed by atoms with Gasteiger partial charge >= 0.3 is 6.09 Å². The lowest BCUT2D eigenvalue weighted by Crippen LogP contribution is -2.37. The lowest BCUT2D eigenvalue weighted by atomic mass is 9.82. The summed E-state index contributed by atoms with van der Waals surface area (Å²) in [5.74, 6) is 0.891. The third-order valence-electron chi connectivity index (χ3n) is 6.88. The van der Waals surface area contributed by atoms with Crippen molar-refractivity contribution >= 4 is 11.9 Å². The molecule has 8 heteroatoms. The third kappa shape index (κ3) is 4.57.